The van der Waals surface area contributed by atoms with E-state index in [4.69, 9.17) is 0 Å². The summed E-state index contributed by atoms with van der Waals surface area (Å²) in [6.07, 6.45) is 1.82. The molecule has 78 valence electrons. The zero-order valence-corrected chi connectivity index (χ0v) is 9.17. The van der Waals surface area contributed by atoms with E-state index in [2.05, 4.69) is 29.5 Å². The van der Waals surface area contributed by atoms with Crippen LogP contribution in [0.25, 0.3) is 0 Å². The average Bonchev–Trinajstić information content (AvgIpc) is 2.19. The van der Waals surface area contributed by atoms with E-state index in [9.17, 15) is 0 Å². The van der Waals surface area contributed by atoms with Crippen LogP contribution >= 0.6 is 0 Å². The number of pyridine rings is 1. The lowest BCUT2D eigenvalue weighted by Crippen LogP contribution is -2.45. The number of nitrogens with one attached hydrogen (secondary N) is 2. The van der Waals surface area contributed by atoms with Gasteiger partial charge in [0.05, 0.1) is 5.69 Å². The Balaban J connectivity index is 2.29. The number of nitrogens with zero attached hydrogens (tertiary/aromatic N) is 1. The number of hydrogen-bond donors (Lipinski definition) is 2. The van der Waals surface area contributed by atoms with E-state index in [1.54, 1.807) is 0 Å². The van der Waals surface area contributed by atoms with Crippen molar-refractivity contribution < 1.29 is 0 Å². The molecule has 3 nitrogen and oxygen atoms in total. The third kappa shape index (κ3) is 3.85. The van der Waals surface area contributed by atoms with Gasteiger partial charge in [0.15, 0.2) is 0 Å². The fourth-order valence-electron chi connectivity index (χ4n) is 1.09. The lowest BCUT2D eigenvalue weighted by molar-refractivity contribution is 0.392. The minimum absolute atomic E-state index is 0.134. The molecule has 1 aromatic rings. The first-order valence-corrected chi connectivity index (χ1v) is 4.93. The fraction of sp³-hybridized carbons (Fsp3) is 0.545. The summed E-state index contributed by atoms with van der Waals surface area (Å²) in [6, 6.07) is 5.97. The van der Waals surface area contributed by atoms with E-state index in [0.717, 1.165) is 18.8 Å². The van der Waals surface area contributed by atoms with Crippen LogP contribution in [0, 0.1) is 0 Å². The minimum atomic E-state index is 0.134. The Morgan fingerprint density at radius 1 is 1.36 bits per heavy atom. The molecule has 0 bridgehead atoms. The van der Waals surface area contributed by atoms with E-state index in [-0.39, 0.29) is 5.54 Å². The molecule has 0 saturated carbocycles. The van der Waals surface area contributed by atoms with E-state index < -0.39 is 0 Å². The van der Waals surface area contributed by atoms with Crippen molar-refractivity contribution in [3.8, 4) is 0 Å². The largest absolute Gasteiger partial charge is 0.314 e. The highest BCUT2D eigenvalue weighted by Gasteiger charge is 2.12. The number of rotatable bonds is 5. The van der Waals surface area contributed by atoms with Crippen LogP contribution in [-0.2, 0) is 6.54 Å². The SMILES string of the molecule is CNC(C)(C)CNCc1ccccn1. The van der Waals surface area contributed by atoms with Crippen LogP contribution < -0.4 is 10.6 Å². The van der Waals surface area contributed by atoms with Gasteiger partial charge in [0.25, 0.3) is 0 Å². The molecule has 1 heterocycles. The fourth-order valence-corrected chi connectivity index (χ4v) is 1.09. The molecular formula is C11H19N3. The van der Waals surface area contributed by atoms with Gasteiger partial charge in [0, 0.05) is 24.8 Å². The number of likely N-dealkylation sites (N-methyl/N-ethyl adjacent to an activating group) is 1. The monoisotopic (exact) mass is 193 g/mol. The molecule has 1 aromatic heterocycles. The third-order valence-corrected chi connectivity index (χ3v) is 2.28. The summed E-state index contributed by atoms with van der Waals surface area (Å²) in [4.78, 5) is 4.24. The highest BCUT2D eigenvalue weighted by atomic mass is 15.0. The first-order chi connectivity index (χ1) is 6.64. The van der Waals surface area contributed by atoms with Gasteiger partial charge >= 0.3 is 0 Å². The van der Waals surface area contributed by atoms with Crippen LogP contribution in [-0.4, -0.2) is 24.1 Å². The molecule has 0 spiro atoms. The maximum absolute atomic E-state index is 4.24. The highest BCUT2D eigenvalue weighted by molar-refractivity contribution is 5.03. The maximum Gasteiger partial charge on any atom is 0.0541 e. The minimum Gasteiger partial charge on any atom is -0.314 e. The van der Waals surface area contributed by atoms with Crippen LogP contribution in [0.3, 0.4) is 0 Å². The van der Waals surface area contributed by atoms with Gasteiger partial charge in [-0.2, -0.15) is 0 Å². The van der Waals surface area contributed by atoms with Crippen molar-refractivity contribution in [3.05, 3.63) is 30.1 Å². The Morgan fingerprint density at radius 3 is 2.71 bits per heavy atom. The van der Waals surface area contributed by atoms with Crippen molar-refractivity contribution in [1.29, 1.82) is 0 Å². The van der Waals surface area contributed by atoms with Gasteiger partial charge < -0.3 is 10.6 Å². The first-order valence-electron chi connectivity index (χ1n) is 4.93. The first kappa shape index (κ1) is 11.1. The molecule has 0 aliphatic rings. The molecule has 14 heavy (non-hydrogen) atoms. The predicted molar refractivity (Wildman–Crippen MR) is 59.1 cm³/mol. The normalized spacial score (nSPS) is 11.6. The second-order valence-corrected chi connectivity index (χ2v) is 4.06. The summed E-state index contributed by atoms with van der Waals surface area (Å²) in [5.74, 6) is 0. The van der Waals surface area contributed by atoms with Crippen molar-refractivity contribution in [2.24, 2.45) is 0 Å². The van der Waals surface area contributed by atoms with Gasteiger partial charge in [0.1, 0.15) is 0 Å². The van der Waals surface area contributed by atoms with Gasteiger partial charge in [0.2, 0.25) is 0 Å². The van der Waals surface area contributed by atoms with Crippen LogP contribution in [0.4, 0.5) is 0 Å². The molecular weight excluding hydrogens is 174 g/mol. The van der Waals surface area contributed by atoms with Crippen molar-refractivity contribution in [2.45, 2.75) is 25.9 Å². The van der Waals surface area contributed by atoms with Crippen molar-refractivity contribution in [2.75, 3.05) is 13.6 Å². The van der Waals surface area contributed by atoms with Gasteiger partial charge in [-0.25, -0.2) is 0 Å². The summed E-state index contributed by atoms with van der Waals surface area (Å²) >= 11 is 0. The molecule has 0 aliphatic carbocycles. The molecule has 2 N–H and O–H groups in total. The van der Waals surface area contributed by atoms with E-state index in [1.807, 2.05) is 31.4 Å². The van der Waals surface area contributed by atoms with Crippen LogP contribution in [0.15, 0.2) is 24.4 Å². The Labute approximate surface area is 85.9 Å². The molecule has 0 aromatic carbocycles. The smallest absolute Gasteiger partial charge is 0.0541 e. The van der Waals surface area contributed by atoms with Gasteiger partial charge in [-0.15, -0.1) is 0 Å². The summed E-state index contributed by atoms with van der Waals surface area (Å²) in [5.41, 5.74) is 1.22. The summed E-state index contributed by atoms with van der Waals surface area (Å²) < 4.78 is 0. The Hall–Kier alpha value is -0.930. The average molecular weight is 193 g/mol. The quantitative estimate of drug-likeness (QED) is 0.737. The lowest BCUT2D eigenvalue weighted by atomic mass is 10.1. The molecule has 0 unspecified atom stereocenters. The van der Waals surface area contributed by atoms with Gasteiger partial charge in [-0.05, 0) is 33.0 Å². The maximum atomic E-state index is 4.24. The second-order valence-electron chi connectivity index (χ2n) is 4.06. The zero-order chi connectivity index (χ0) is 10.4. The summed E-state index contributed by atoms with van der Waals surface area (Å²) in [7, 11) is 1.97. The van der Waals surface area contributed by atoms with Crippen molar-refractivity contribution in [3.63, 3.8) is 0 Å². The lowest BCUT2D eigenvalue weighted by Gasteiger charge is -2.24. The Bertz CT molecular complexity index is 256. The summed E-state index contributed by atoms with van der Waals surface area (Å²) in [5, 5.41) is 6.61. The second kappa shape index (κ2) is 5.08. The molecule has 0 amide bonds. The Kier molecular flexibility index (Phi) is 4.04. The topological polar surface area (TPSA) is 37.0 Å². The van der Waals surface area contributed by atoms with E-state index in [1.165, 1.54) is 0 Å². The van der Waals surface area contributed by atoms with Crippen LogP contribution in [0.1, 0.15) is 19.5 Å². The van der Waals surface area contributed by atoms with Crippen LogP contribution in [0.2, 0.25) is 0 Å². The zero-order valence-electron chi connectivity index (χ0n) is 9.17. The molecule has 0 fully saturated rings. The molecule has 3 heteroatoms. The van der Waals surface area contributed by atoms with Crippen LogP contribution in [0.5, 0.6) is 0 Å². The van der Waals surface area contributed by atoms with E-state index >= 15 is 0 Å². The standard InChI is InChI=1S/C11H19N3/c1-11(2,12-3)9-13-8-10-6-4-5-7-14-10/h4-7,12-13H,8-9H2,1-3H3. The third-order valence-electron chi connectivity index (χ3n) is 2.28. The molecule has 0 radical (unpaired) electrons. The number of hydrogen-bond acceptors (Lipinski definition) is 3. The Morgan fingerprint density at radius 2 is 2.14 bits per heavy atom. The molecule has 0 aliphatic heterocycles. The van der Waals surface area contributed by atoms with Gasteiger partial charge in [-0.1, -0.05) is 6.07 Å². The van der Waals surface area contributed by atoms with Gasteiger partial charge in [-0.3, -0.25) is 4.98 Å². The highest BCUT2D eigenvalue weighted by Crippen LogP contribution is 1.99. The number of aromatic nitrogens is 1. The molecule has 1 rings (SSSR count). The van der Waals surface area contributed by atoms with Crippen molar-refractivity contribution in [1.82, 2.24) is 15.6 Å². The van der Waals surface area contributed by atoms with E-state index in [0.29, 0.717) is 0 Å². The predicted octanol–water partition coefficient (Wildman–Crippen LogP) is 1.17. The summed E-state index contributed by atoms with van der Waals surface area (Å²) in [6.45, 7) is 6.09. The molecule has 0 atom stereocenters. The van der Waals surface area contributed by atoms with Crippen molar-refractivity contribution >= 4 is 0 Å². The molecule has 0 saturated heterocycles.